The molecule has 0 amide bonds. The number of halogens is 2. The fraction of sp³-hybridized carbons (Fsp3) is 0.320. The standard InChI is InChI=1S/C25H25F2N5O3/c1-16-22(23(33-2)19-5-3-4-6-20(19)35-24(26)27)32-15-17(7-8-21(32)30-16)18-13-28-25(29-14-18)31-9-11-34-12-10-31/h3-8,13-15,23-24H,9-12H2,1-2H3. The number of ether oxygens (including phenoxy) is 3. The number of methoxy groups -OCH3 is 1. The molecule has 1 aliphatic heterocycles. The Balaban J connectivity index is 1.53. The fourth-order valence-corrected chi connectivity index (χ4v) is 4.35. The van der Waals surface area contributed by atoms with Crippen LogP contribution in [-0.4, -0.2) is 59.4 Å². The van der Waals surface area contributed by atoms with Gasteiger partial charge in [0.15, 0.2) is 0 Å². The highest BCUT2D eigenvalue weighted by Crippen LogP contribution is 2.35. The van der Waals surface area contributed by atoms with Crippen molar-refractivity contribution in [2.45, 2.75) is 19.6 Å². The Labute approximate surface area is 201 Å². The number of aryl methyl sites for hydroxylation is 1. The van der Waals surface area contributed by atoms with E-state index in [0.29, 0.717) is 30.4 Å². The molecule has 0 spiro atoms. The minimum absolute atomic E-state index is 0.0620. The van der Waals surface area contributed by atoms with Crippen LogP contribution in [-0.2, 0) is 9.47 Å². The molecule has 1 fully saturated rings. The zero-order chi connectivity index (χ0) is 24.4. The van der Waals surface area contributed by atoms with E-state index in [9.17, 15) is 8.78 Å². The van der Waals surface area contributed by atoms with Crippen molar-refractivity contribution >= 4 is 11.6 Å². The third-order valence-corrected chi connectivity index (χ3v) is 6.01. The summed E-state index contributed by atoms with van der Waals surface area (Å²) in [5.41, 5.74) is 4.37. The highest BCUT2D eigenvalue weighted by Gasteiger charge is 2.25. The van der Waals surface area contributed by atoms with E-state index in [1.165, 1.54) is 13.2 Å². The smallest absolute Gasteiger partial charge is 0.387 e. The van der Waals surface area contributed by atoms with Crippen LogP contribution in [0.2, 0.25) is 0 Å². The van der Waals surface area contributed by atoms with Crippen LogP contribution in [0.3, 0.4) is 0 Å². The minimum atomic E-state index is -2.94. The van der Waals surface area contributed by atoms with E-state index in [-0.39, 0.29) is 5.75 Å². The second-order valence-electron chi connectivity index (χ2n) is 8.13. The first-order valence-electron chi connectivity index (χ1n) is 11.3. The summed E-state index contributed by atoms with van der Waals surface area (Å²) in [5.74, 6) is 0.735. The van der Waals surface area contributed by atoms with E-state index in [1.807, 2.05) is 29.7 Å². The van der Waals surface area contributed by atoms with Gasteiger partial charge in [0.25, 0.3) is 0 Å². The number of aromatic nitrogens is 4. The summed E-state index contributed by atoms with van der Waals surface area (Å²) in [6, 6.07) is 10.5. The van der Waals surface area contributed by atoms with Crippen molar-refractivity contribution in [3.63, 3.8) is 0 Å². The predicted octanol–water partition coefficient (Wildman–Crippen LogP) is 4.27. The SMILES string of the molecule is COC(c1ccccc1OC(F)F)c1c(C)nc2ccc(-c3cnc(N4CCOCC4)nc3)cn12. The molecule has 0 radical (unpaired) electrons. The quantitative estimate of drug-likeness (QED) is 0.390. The number of rotatable bonds is 7. The lowest BCUT2D eigenvalue weighted by atomic mass is 10.0. The highest BCUT2D eigenvalue weighted by atomic mass is 19.3. The lowest BCUT2D eigenvalue weighted by molar-refractivity contribution is -0.0516. The molecule has 8 nitrogen and oxygen atoms in total. The zero-order valence-electron chi connectivity index (χ0n) is 19.4. The number of hydrogen-bond acceptors (Lipinski definition) is 7. The van der Waals surface area contributed by atoms with Gasteiger partial charge in [0, 0.05) is 55.5 Å². The van der Waals surface area contributed by atoms with Crippen molar-refractivity contribution in [3.8, 4) is 16.9 Å². The molecule has 1 saturated heterocycles. The number of imidazole rings is 1. The first-order chi connectivity index (χ1) is 17.0. The Morgan fingerprint density at radius 2 is 1.74 bits per heavy atom. The Bertz CT molecular complexity index is 1310. The molecule has 4 heterocycles. The Hall–Kier alpha value is -3.63. The first-order valence-corrected chi connectivity index (χ1v) is 11.3. The monoisotopic (exact) mass is 481 g/mol. The van der Waals surface area contributed by atoms with Crippen molar-refractivity contribution in [2.75, 3.05) is 38.3 Å². The number of alkyl halides is 2. The van der Waals surface area contributed by atoms with Crippen LogP contribution in [0.4, 0.5) is 14.7 Å². The van der Waals surface area contributed by atoms with Crippen LogP contribution in [0.5, 0.6) is 5.75 Å². The van der Waals surface area contributed by atoms with Gasteiger partial charge >= 0.3 is 6.61 Å². The van der Waals surface area contributed by atoms with Crippen LogP contribution in [0.1, 0.15) is 23.1 Å². The number of benzene rings is 1. The molecule has 35 heavy (non-hydrogen) atoms. The van der Waals surface area contributed by atoms with Crippen molar-refractivity contribution < 1.29 is 23.0 Å². The van der Waals surface area contributed by atoms with Crippen LogP contribution in [0.25, 0.3) is 16.8 Å². The molecular weight excluding hydrogens is 456 g/mol. The summed E-state index contributed by atoms with van der Waals surface area (Å²) in [6.07, 6.45) is 4.85. The Kier molecular flexibility index (Phi) is 6.56. The molecule has 1 atom stereocenters. The minimum Gasteiger partial charge on any atom is -0.434 e. The molecule has 10 heteroatoms. The molecule has 1 aromatic carbocycles. The topological polar surface area (TPSA) is 74.0 Å². The number of hydrogen-bond donors (Lipinski definition) is 0. The maximum Gasteiger partial charge on any atom is 0.387 e. The summed E-state index contributed by atoms with van der Waals surface area (Å²) >= 11 is 0. The average Bonchev–Trinajstić information content (AvgIpc) is 3.21. The van der Waals surface area contributed by atoms with Crippen LogP contribution in [0.15, 0.2) is 55.0 Å². The van der Waals surface area contributed by atoms with Gasteiger partial charge in [0.2, 0.25) is 5.95 Å². The van der Waals surface area contributed by atoms with Crippen molar-refractivity contribution in [1.29, 1.82) is 0 Å². The molecule has 1 aliphatic rings. The van der Waals surface area contributed by atoms with E-state index in [0.717, 1.165) is 35.6 Å². The normalized spacial score (nSPS) is 15.1. The van der Waals surface area contributed by atoms with E-state index < -0.39 is 12.7 Å². The van der Waals surface area contributed by atoms with Gasteiger partial charge < -0.3 is 23.5 Å². The largest absolute Gasteiger partial charge is 0.434 e. The van der Waals surface area contributed by atoms with E-state index in [1.54, 1.807) is 30.6 Å². The second kappa shape index (κ2) is 9.93. The molecule has 0 saturated carbocycles. The van der Waals surface area contributed by atoms with Gasteiger partial charge in [0.05, 0.1) is 24.6 Å². The average molecular weight is 482 g/mol. The molecule has 4 aromatic rings. The first kappa shape index (κ1) is 23.1. The fourth-order valence-electron chi connectivity index (χ4n) is 4.35. The molecule has 182 valence electrons. The summed E-state index contributed by atoms with van der Waals surface area (Å²) in [4.78, 5) is 15.8. The zero-order valence-corrected chi connectivity index (χ0v) is 19.4. The molecule has 0 N–H and O–H groups in total. The van der Waals surface area contributed by atoms with E-state index in [2.05, 4.69) is 19.9 Å². The molecule has 1 unspecified atom stereocenters. The van der Waals surface area contributed by atoms with Crippen LogP contribution >= 0.6 is 0 Å². The van der Waals surface area contributed by atoms with Crippen molar-refractivity contribution in [3.05, 3.63) is 71.9 Å². The van der Waals surface area contributed by atoms with E-state index in [4.69, 9.17) is 14.2 Å². The summed E-state index contributed by atoms with van der Waals surface area (Å²) in [5, 5.41) is 0. The predicted molar refractivity (Wildman–Crippen MR) is 126 cm³/mol. The molecule has 0 bridgehead atoms. The Morgan fingerprint density at radius 1 is 1.00 bits per heavy atom. The number of nitrogens with zero attached hydrogens (tertiary/aromatic N) is 5. The second-order valence-corrected chi connectivity index (χ2v) is 8.13. The number of morpholine rings is 1. The third-order valence-electron chi connectivity index (χ3n) is 6.01. The van der Waals surface area contributed by atoms with Crippen LogP contribution < -0.4 is 9.64 Å². The number of fused-ring (bicyclic) bond motifs is 1. The number of anilines is 1. The summed E-state index contributed by atoms with van der Waals surface area (Å²) in [7, 11) is 1.53. The highest BCUT2D eigenvalue weighted by molar-refractivity contribution is 5.64. The lowest BCUT2D eigenvalue weighted by Crippen LogP contribution is -2.37. The summed E-state index contributed by atoms with van der Waals surface area (Å²) in [6.45, 7) is 1.78. The molecule has 0 aliphatic carbocycles. The van der Waals surface area contributed by atoms with Crippen LogP contribution in [0, 0.1) is 6.92 Å². The molecule has 5 rings (SSSR count). The van der Waals surface area contributed by atoms with Gasteiger partial charge in [-0.15, -0.1) is 0 Å². The van der Waals surface area contributed by atoms with Gasteiger partial charge in [-0.3, -0.25) is 0 Å². The number of para-hydroxylation sites is 1. The van der Waals surface area contributed by atoms with Gasteiger partial charge in [-0.2, -0.15) is 8.78 Å². The van der Waals surface area contributed by atoms with Gasteiger partial charge in [-0.25, -0.2) is 15.0 Å². The lowest BCUT2D eigenvalue weighted by Gasteiger charge is -2.26. The number of pyridine rings is 1. The van der Waals surface area contributed by atoms with Gasteiger partial charge in [-0.05, 0) is 25.1 Å². The van der Waals surface area contributed by atoms with Gasteiger partial charge in [-0.1, -0.05) is 18.2 Å². The molecular formula is C25H25F2N5O3. The molecule has 3 aromatic heterocycles. The van der Waals surface area contributed by atoms with Crippen molar-refractivity contribution in [1.82, 2.24) is 19.4 Å². The van der Waals surface area contributed by atoms with Gasteiger partial charge in [0.1, 0.15) is 17.5 Å². The third kappa shape index (κ3) is 4.67. The Morgan fingerprint density at radius 3 is 2.46 bits per heavy atom. The maximum absolute atomic E-state index is 13.0. The maximum atomic E-state index is 13.0. The summed E-state index contributed by atoms with van der Waals surface area (Å²) < 4.78 is 43.9. The van der Waals surface area contributed by atoms with Crippen molar-refractivity contribution in [2.24, 2.45) is 0 Å². The van der Waals surface area contributed by atoms with E-state index >= 15 is 0 Å².